The lowest BCUT2D eigenvalue weighted by Gasteiger charge is -2.23. The van der Waals surface area contributed by atoms with E-state index in [-0.39, 0.29) is 18.5 Å². The first-order valence-corrected chi connectivity index (χ1v) is 9.59. The van der Waals surface area contributed by atoms with Crippen LogP contribution in [0.3, 0.4) is 0 Å². The van der Waals surface area contributed by atoms with E-state index in [0.717, 1.165) is 51.4 Å². The molecule has 2 amide bonds. The van der Waals surface area contributed by atoms with Gasteiger partial charge in [0.1, 0.15) is 12.1 Å². The van der Waals surface area contributed by atoms with Crippen molar-refractivity contribution < 1.29 is 14.3 Å². The maximum absolute atomic E-state index is 12.2. The van der Waals surface area contributed by atoms with Gasteiger partial charge < -0.3 is 25.2 Å². The van der Waals surface area contributed by atoms with Crippen LogP contribution in [0.5, 0.6) is 0 Å². The van der Waals surface area contributed by atoms with Crippen LogP contribution in [0.1, 0.15) is 47.0 Å². The van der Waals surface area contributed by atoms with Crippen molar-refractivity contribution in [2.75, 3.05) is 39.3 Å². The highest BCUT2D eigenvalue weighted by Crippen LogP contribution is 2.12. The smallest absolute Gasteiger partial charge is 0.407 e. The molecule has 2 heterocycles. The van der Waals surface area contributed by atoms with E-state index in [2.05, 4.69) is 20.5 Å². The molecule has 0 aromatic carbocycles. The molecule has 2 saturated heterocycles. The van der Waals surface area contributed by atoms with Gasteiger partial charge in [0.15, 0.2) is 5.96 Å². The minimum Gasteiger partial charge on any atom is -0.444 e. The first-order valence-electron chi connectivity index (χ1n) is 9.59. The number of amides is 2. The molecule has 0 aliphatic carbocycles. The summed E-state index contributed by atoms with van der Waals surface area (Å²) in [4.78, 5) is 32.6. The average molecular weight is 367 g/mol. The lowest BCUT2D eigenvalue weighted by atomic mass is 10.2. The highest BCUT2D eigenvalue weighted by Gasteiger charge is 2.28. The Morgan fingerprint density at radius 2 is 1.85 bits per heavy atom. The van der Waals surface area contributed by atoms with Gasteiger partial charge in [-0.3, -0.25) is 4.79 Å². The van der Waals surface area contributed by atoms with Crippen molar-refractivity contribution >= 4 is 18.0 Å². The molecule has 8 heteroatoms. The number of rotatable bonds is 4. The van der Waals surface area contributed by atoms with E-state index in [1.807, 2.05) is 32.6 Å². The Hall–Kier alpha value is -1.99. The highest BCUT2D eigenvalue weighted by molar-refractivity contribution is 5.85. The Bertz CT molecular complexity index is 523. The normalized spacial score (nSPS) is 21.1. The number of aliphatic imine (C=N–C) groups is 1. The lowest BCUT2D eigenvalue weighted by Crippen LogP contribution is -2.44. The lowest BCUT2D eigenvalue weighted by molar-refractivity contribution is -0.128. The molecule has 0 aromatic rings. The molecule has 1 atom stereocenters. The maximum atomic E-state index is 12.2. The summed E-state index contributed by atoms with van der Waals surface area (Å²) in [6.45, 7) is 11.6. The fourth-order valence-electron chi connectivity index (χ4n) is 3.18. The number of ether oxygens (including phenoxy) is 1. The fraction of sp³-hybridized carbons (Fsp3) is 0.833. The molecule has 0 aromatic heterocycles. The summed E-state index contributed by atoms with van der Waals surface area (Å²) in [7, 11) is 0. The number of nitrogens with zero attached hydrogens (tertiary/aromatic N) is 3. The second kappa shape index (κ2) is 9.09. The summed E-state index contributed by atoms with van der Waals surface area (Å²) in [5.41, 5.74) is -0.505. The van der Waals surface area contributed by atoms with Crippen LogP contribution < -0.4 is 10.6 Å². The Morgan fingerprint density at radius 3 is 2.46 bits per heavy atom. The average Bonchev–Trinajstić information content (AvgIpc) is 3.20. The SMILES string of the molecule is CCNC(=NCC(=O)N1CCCC1)N1CCC(NC(=O)OC(C)(C)C)C1. The van der Waals surface area contributed by atoms with E-state index < -0.39 is 11.7 Å². The summed E-state index contributed by atoms with van der Waals surface area (Å²) in [5, 5.41) is 6.16. The number of hydrogen-bond acceptors (Lipinski definition) is 4. The standard InChI is InChI=1S/C18H33N5O3/c1-5-19-16(20-12-15(24)22-9-6-7-10-22)23-11-8-14(13-23)21-17(25)26-18(2,3)4/h14H,5-13H2,1-4H3,(H,19,20)(H,21,25). The van der Waals surface area contributed by atoms with Crippen LogP contribution in [0, 0.1) is 0 Å². The molecule has 26 heavy (non-hydrogen) atoms. The maximum Gasteiger partial charge on any atom is 0.407 e. The van der Waals surface area contributed by atoms with Crippen molar-refractivity contribution in [3.63, 3.8) is 0 Å². The largest absolute Gasteiger partial charge is 0.444 e. The monoisotopic (exact) mass is 367 g/mol. The number of carbonyl (C=O) groups excluding carboxylic acids is 2. The van der Waals surface area contributed by atoms with Gasteiger partial charge >= 0.3 is 6.09 Å². The molecule has 0 radical (unpaired) electrons. The van der Waals surface area contributed by atoms with Crippen molar-refractivity contribution in [2.24, 2.45) is 4.99 Å². The van der Waals surface area contributed by atoms with E-state index in [0.29, 0.717) is 6.54 Å². The second-order valence-corrected chi connectivity index (χ2v) is 7.84. The van der Waals surface area contributed by atoms with Crippen LogP contribution >= 0.6 is 0 Å². The fourth-order valence-corrected chi connectivity index (χ4v) is 3.18. The minimum atomic E-state index is -0.505. The van der Waals surface area contributed by atoms with Gasteiger partial charge in [0.25, 0.3) is 0 Å². The Balaban J connectivity index is 1.86. The summed E-state index contributed by atoms with van der Waals surface area (Å²) >= 11 is 0. The van der Waals surface area contributed by atoms with Crippen molar-refractivity contribution in [1.82, 2.24) is 20.4 Å². The third-order valence-corrected chi connectivity index (χ3v) is 4.37. The summed E-state index contributed by atoms with van der Waals surface area (Å²) < 4.78 is 5.31. The molecule has 2 N–H and O–H groups in total. The molecule has 2 rings (SSSR count). The first kappa shape index (κ1) is 20.3. The van der Waals surface area contributed by atoms with Crippen molar-refractivity contribution in [3.05, 3.63) is 0 Å². The Morgan fingerprint density at radius 1 is 1.15 bits per heavy atom. The molecule has 0 saturated carbocycles. The summed E-state index contributed by atoms with van der Waals surface area (Å²) in [5.74, 6) is 0.814. The van der Waals surface area contributed by atoms with Gasteiger partial charge in [0.2, 0.25) is 5.91 Å². The summed E-state index contributed by atoms with van der Waals surface area (Å²) in [6, 6.07) is 0.0167. The van der Waals surface area contributed by atoms with Crippen LogP contribution in [-0.4, -0.2) is 78.7 Å². The van der Waals surface area contributed by atoms with Gasteiger partial charge in [0, 0.05) is 32.7 Å². The number of guanidine groups is 1. The number of nitrogens with one attached hydrogen (secondary N) is 2. The molecular formula is C18H33N5O3. The zero-order valence-corrected chi connectivity index (χ0v) is 16.5. The predicted molar refractivity (Wildman–Crippen MR) is 101 cm³/mol. The molecule has 148 valence electrons. The van der Waals surface area contributed by atoms with E-state index >= 15 is 0 Å². The first-order chi connectivity index (χ1) is 12.3. The van der Waals surface area contributed by atoms with Gasteiger partial charge in [-0.05, 0) is 47.0 Å². The molecule has 2 fully saturated rings. The molecule has 8 nitrogen and oxygen atoms in total. The van der Waals surface area contributed by atoms with E-state index in [1.54, 1.807) is 0 Å². The van der Waals surface area contributed by atoms with Crippen molar-refractivity contribution in [3.8, 4) is 0 Å². The predicted octanol–water partition coefficient (Wildman–Crippen LogP) is 1.17. The molecular weight excluding hydrogens is 334 g/mol. The second-order valence-electron chi connectivity index (χ2n) is 7.84. The third kappa shape index (κ3) is 6.38. The topological polar surface area (TPSA) is 86.3 Å². The minimum absolute atomic E-state index is 0.0167. The van der Waals surface area contributed by atoms with Gasteiger partial charge in [-0.25, -0.2) is 9.79 Å². The Kier molecular flexibility index (Phi) is 7.11. The summed E-state index contributed by atoms with van der Waals surface area (Å²) in [6.07, 6.45) is 2.60. The van der Waals surface area contributed by atoms with Crippen molar-refractivity contribution in [2.45, 2.75) is 58.6 Å². The number of hydrogen-bond donors (Lipinski definition) is 2. The molecule has 2 aliphatic rings. The van der Waals surface area contributed by atoms with Crippen LogP contribution in [0.4, 0.5) is 4.79 Å². The van der Waals surface area contributed by atoms with Crippen LogP contribution in [0.15, 0.2) is 4.99 Å². The van der Waals surface area contributed by atoms with Gasteiger partial charge in [-0.2, -0.15) is 0 Å². The van der Waals surface area contributed by atoms with E-state index in [9.17, 15) is 9.59 Å². The van der Waals surface area contributed by atoms with E-state index in [4.69, 9.17) is 4.74 Å². The van der Waals surface area contributed by atoms with Gasteiger partial charge in [-0.15, -0.1) is 0 Å². The Labute approximate surface area is 156 Å². The molecule has 2 aliphatic heterocycles. The highest BCUT2D eigenvalue weighted by atomic mass is 16.6. The van der Waals surface area contributed by atoms with Crippen LogP contribution in [0.2, 0.25) is 0 Å². The van der Waals surface area contributed by atoms with Gasteiger partial charge in [0.05, 0.1) is 6.04 Å². The third-order valence-electron chi connectivity index (χ3n) is 4.37. The molecule has 0 bridgehead atoms. The zero-order valence-electron chi connectivity index (χ0n) is 16.5. The van der Waals surface area contributed by atoms with Crippen molar-refractivity contribution in [1.29, 1.82) is 0 Å². The molecule has 0 spiro atoms. The van der Waals surface area contributed by atoms with Crippen LogP contribution in [-0.2, 0) is 9.53 Å². The van der Waals surface area contributed by atoms with Crippen LogP contribution in [0.25, 0.3) is 0 Å². The quantitative estimate of drug-likeness (QED) is 0.575. The molecule has 1 unspecified atom stereocenters. The zero-order chi connectivity index (χ0) is 19.2. The van der Waals surface area contributed by atoms with E-state index in [1.165, 1.54) is 0 Å². The number of alkyl carbamates (subject to hydrolysis) is 1. The number of likely N-dealkylation sites (tertiary alicyclic amines) is 2. The van der Waals surface area contributed by atoms with Gasteiger partial charge in [-0.1, -0.05) is 0 Å². The number of carbonyl (C=O) groups is 2.